The summed E-state index contributed by atoms with van der Waals surface area (Å²) in [5, 5.41) is 0. The zero-order valence-corrected chi connectivity index (χ0v) is 19.6. The first-order chi connectivity index (χ1) is 11.2. The molecule has 0 bridgehead atoms. The summed E-state index contributed by atoms with van der Waals surface area (Å²) in [7, 11) is -0.614. The summed E-state index contributed by atoms with van der Waals surface area (Å²) in [6, 6.07) is 0. The van der Waals surface area contributed by atoms with Gasteiger partial charge in [-0.2, -0.15) is 0 Å². The van der Waals surface area contributed by atoms with Crippen molar-refractivity contribution in [3.8, 4) is 0 Å². The van der Waals surface area contributed by atoms with Crippen LogP contribution in [0.4, 0.5) is 0 Å². The first-order valence-electron chi connectivity index (χ1n) is 9.26. The fourth-order valence-electron chi connectivity index (χ4n) is 2.81. The maximum absolute atomic E-state index is 11.0. The Kier molecular flexibility index (Phi) is 18.4. The van der Waals surface area contributed by atoms with E-state index in [-0.39, 0.29) is 17.4 Å². The molecule has 0 radical (unpaired) electrons. The zero-order chi connectivity index (χ0) is 17.2. The second-order valence-electron chi connectivity index (χ2n) is 6.28. The molecule has 0 rings (SSSR count). The average Bonchev–Trinajstić information content (AvgIpc) is 2.54. The van der Waals surface area contributed by atoms with Gasteiger partial charge < -0.3 is 0 Å². The van der Waals surface area contributed by atoms with Gasteiger partial charge in [-0.05, 0) is 0 Å². The Hall–Kier alpha value is 0.919. The van der Waals surface area contributed by atoms with Crippen molar-refractivity contribution in [2.24, 2.45) is 0 Å². The summed E-state index contributed by atoms with van der Waals surface area (Å²) in [6.07, 6.45) is 14.5. The molecule has 0 saturated carbocycles. The van der Waals surface area contributed by atoms with E-state index < -0.39 is 19.2 Å². The first-order valence-corrected chi connectivity index (χ1v) is 17.1. The van der Waals surface area contributed by atoms with Crippen LogP contribution in [0.3, 0.4) is 0 Å². The van der Waals surface area contributed by atoms with Crippen molar-refractivity contribution in [3.63, 3.8) is 0 Å². The van der Waals surface area contributed by atoms with Gasteiger partial charge in [0.2, 0.25) is 0 Å². The molecule has 0 spiro atoms. The quantitative estimate of drug-likeness (QED) is 0.117. The molecule has 0 heterocycles. The fraction of sp³-hybridized carbons (Fsp3) is 1.00. The van der Waals surface area contributed by atoms with E-state index in [1.165, 1.54) is 51.4 Å². The van der Waals surface area contributed by atoms with E-state index in [1.54, 1.807) is 0 Å². The molecule has 0 saturated heterocycles. The van der Waals surface area contributed by atoms with Gasteiger partial charge in [-0.1, -0.05) is 0 Å². The third kappa shape index (κ3) is 13.8. The van der Waals surface area contributed by atoms with Gasteiger partial charge in [0, 0.05) is 0 Å². The van der Waals surface area contributed by atoms with E-state index in [2.05, 4.69) is 13.8 Å². The Bertz CT molecular complexity index is 265. The standard InChI is InChI=1S/2C8H17.2HO2P.Sn/c2*1-3-5-7-8-6-4-2;2*1-3-2;/h2*1,3-8H2,2H3;2*(H,1,2);/q;;;;+2/p-2. The van der Waals surface area contributed by atoms with Crippen LogP contribution in [-0.4, -0.2) is 19.2 Å². The minimum atomic E-state index is -3.41. The number of hydrogen-bond acceptors (Lipinski definition) is 4. The van der Waals surface area contributed by atoms with Crippen molar-refractivity contribution in [1.82, 2.24) is 0 Å². The number of unbranched alkanes of at least 4 members (excludes halogenated alkanes) is 10. The molecule has 0 N–H and O–H groups in total. The molecule has 0 aliphatic heterocycles. The van der Waals surface area contributed by atoms with Crippen molar-refractivity contribution in [2.75, 3.05) is 0 Å². The van der Waals surface area contributed by atoms with Gasteiger partial charge in [-0.3, -0.25) is 0 Å². The molecule has 4 nitrogen and oxygen atoms in total. The van der Waals surface area contributed by atoms with Crippen LogP contribution in [0.2, 0.25) is 8.87 Å². The molecule has 0 aromatic rings. The van der Waals surface area contributed by atoms with Crippen LogP contribution in [0.25, 0.3) is 0 Å². The summed E-state index contributed by atoms with van der Waals surface area (Å²) in [5.74, 6) is 0. The zero-order valence-electron chi connectivity index (χ0n) is 14.9. The van der Waals surface area contributed by atoms with Crippen LogP contribution in [0.1, 0.15) is 90.9 Å². The monoisotopic (exact) mass is 472 g/mol. The molecule has 0 aromatic heterocycles. The normalized spacial score (nSPS) is 12.3. The molecule has 0 aromatic carbocycles. The first kappa shape index (κ1) is 23.9. The van der Waals surface area contributed by atoms with E-state index in [0.29, 0.717) is 0 Å². The topological polar surface area (TPSA) is 52.6 Å². The van der Waals surface area contributed by atoms with Crippen molar-refractivity contribution in [1.29, 1.82) is 0 Å². The van der Waals surface area contributed by atoms with Crippen LogP contribution >= 0.6 is 17.4 Å². The molecule has 7 heteroatoms. The molecule has 0 unspecified atom stereocenters. The van der Waals surface area contributed by atoms with Crippen LogP contribution in [0.15, 0.2) is 0 Å². The van der Waals surface area contributed by atoms with E-state index in [0.717, 1.165) is 34.6 Å². The van der Waals surface area contributed by atoms with Crippen molar-refractivity contribution >= 4 is 36.6 Å². The van der Waals surface area contributed by atoms with Gasteiger partial charge in [-0.15, -0.1) is 0 Å². The molecule has 0 amide bonds. The van der Waals surface area contributed by atoms with Gasteiger partial charge in [0.15, 0.2) is 0 Å². The van der Waals surface area contributed by atoms with Crippen LogP contribution in [0.5, 0.6) is 0 Å². The fourth-order valence-corrected chi connectivity index (χ4v) is 15.1. The van der Waals surface area contributed by atoms with E-state index >= 15 is 0 Å². The minimum absolute atomic E-state index is 0.307. The van der Waals surface area contributed by atoms with Crippen LogP contribution in [0, 0.1) is 0 Å². The predicted octanol–water partition coefficient (Wildman–Crippen LogP) is 7.60. The Morgan fingerprint density at radius 1 is 0.609 bits per heavy atom. The molecular formula is C16H34O4P2Sn. The third-order valence-corrected chi connectivity index (χ3v) is 18.4. The molecule has 136 valence electrons. The summed E-state index contributed by atoms with van der Waals surface area (Å²) in [4.78, 5) is 0. The second-order valence-corrected chi connectivity index (χ2v) is 18.1. The van der Waals surface area contributed by atoms with Crippen molar-refractivity contribution in [3.05, 3.63) is 0 Å². The second kappa shape index (κ2) is 17.7. The summed E-state index contributed by atoms with van der Waals surface area (Å²) in [5.41, 5.74) is 0. The average molecular weight is 471 g/mol. The van der Waals surface area contributed by atoms with Crippen LogP contribution in [-0.2, 0) is 14.9 Å². The molecular weight excluding hydrogens is 437 g/mol. The van der Waals surface area contributed by atoms with Crippen molar-refractivity contribution < 1.29 is 14.9 Å². The number of hydrogen-bond donors (Lipinski definition) is 0. The van der Waals surface area contributed by atoms with Crippen LogP contribution < -0.4 is 0 Å². The van der Waals surface area contributed by atoms with E-state index in [1.807, 2.05) is 0 Å². The summed E-state index contributed by atoms with van der Waals surface area (Å²) in [6.45, 7) is 4.43. The molecule has 0 aliphatic rings. The maximum atomic E-state index is 11.0. The van der Waals surface area contributed by atoms with Gasteiger partial charge in [0.25, 0.3) is 0 Å². The Labute approximate surface area is 151 Å². The van der Waals surface area contributed by atoms with Gasteiger partial charge in [-0.25, -0.2) is 0 Å². The third-order valence-electron chi connectivity index (χ3n) is 4.23. The van der Waals surface area contributed by atoms with E-state index in [9.17, 15) is 9.13 Å². The SMILES string of the molecule is CCCCCCC[CH2][Sn]([CH2]CCCCCCC)([O]P=O)[O]P=O. The molecule has 0 fully saturated rings. The summed E-state index contributed by atoms with van der Waals surface area (Å²) < 4.78 is 34.7. The Morgan fingerprint density at radius 3 is 1.30 bits per heavy atom. The van der Waals surface area contributed by atoms with Gasteiger partial charge >= 0.3 is 151 Å². The summed E-state index contributed by atoms with van der Waals surface area (Å²) >= 11 is -3.41. The van der Waals surface area contributed by atoms with Crippen molar-refractivity contribution in [2.45, 2.75) is 99.8 Å². The number of rotatable bonds is 18. The van der Waals surface area contributed by atoms with Gasteiger partial charge in [0.1, 0.15) is 0 Å². The van der Waals surface area contributed by atoms with E-state index in [4.69, 9.17) is 5.72 Å². The molecule has 0 aliphatic carbocycles. The Morgan fingerprint density at radius 2 is 0.957 bits per heavy atom. The van der Waals surface area contributed by atoms with Gasteiger partial charge in [0.05, 0.1) is 0 Å². The predicted molar refractivity (Wildman–Crippen MR) is 99.5 cm³/mol. The molecule has 0 atom stereocenters. The molecule has 23 heavy (non-hydrogen) atoms. The Balaban J connectivity index is 4.16.